The monoisotopic (exact) mass is 464 g/mol. The van der Waals surface area contributed by atoms with Gasteiger partial charge in [-0.25, -0.2) is 4.39 Å². The number of hydrogen-bond donors (Lipinski definition) is 0. The fourth-order valence-electron chi connectivity index (χ4n) is 3.10. The second kappa shape index (κ2) is 9.73. The molecule has 0 spiro atoms. The Morgan fingerprint density at radius 3 is 2.38 bits per heavy atom. The first-order chi connectivity index (χ1) is 14.0. The Labute approximate surface area is 177 Å². The molecule has 1 saturated heterocycles. The smallest absolute Gasteiger partial charge is 0.260 e. The van der Waals surface area contributed by atoms with Crippen LogP contribution in [0.15, 0.2) is 46.9 Å². The average Bonchev–Trinajstić information content (AvgIpc) is 2.73. The van der Waals surface area contributed by atoms with Crippen molar-refractivity contribution in [1.82, 2.24) is 9.80 Å². The number of amides is 2. The standard InChI is InChI=1S/C21H22BrFN2O4/c1-28-17-4-2-3-15(11-17)12-20(26)24-7-9-25(10-8-24)21(27)14-29-19-6-5-16(22)13-18(19)23/h2-6,11,13H,7-10,12,14H2,1H3. The van der Waals surface area contributed by atoms with Crippen LogP contribution in [0.4, 0.5) is 4.39 Å². The maximum absolute atomic E-state index is 13.8. The molecule has 1 aliphatic heterocycles. The van der Waals surface area contributed by atoms with E-state index in [0.717, 1.165) is 5.56 Å². The molecule has 6 nitrogen and oxygen atoms in total. The highest BCUT2D eigenvalue weighted by Gasteiger charge is 2.24. The number of carbonyl (C=O) groups excluding carboxylic acids is 2. The molecule has 0 N–H and O–H groups in total. The van der Waals surface area contributed by atoms with Crippen molar-refractivity contribution < 1.29 is 23.5 Å². The summed E-state index contributed by atoms with van der Waals surface area (Å²) in [5, 5.41) is 0. The zero-order valence-corrected chi connectivity index (χ0v) is 17.7. The van der Waals surface area contributed by atoms with Crippen LogP contribution >= 0.6 is 15.9 Å². The van der Waals surface area contributed by atoms with Crippen LogP contribution in [0.2, 0.25) is 0 Å². The van der Waals surface area contributed by atoms with Crippen LogP contribution in [0.3, 0.4) is 0 Å². The normalized spacial score (nSPS) is 13.9. The Kier molecular flexibility index (Phi) is 7.09. The summed E-state index contributed by atoms with van der Waals surface area (Å²) >= 11 is 3.17. The molecule has 29 heavy (non-hydrogen) atoms. The Balaban J connectivity index is 1.46. The largest absolute Gasteiger partial charge is 0.497 e. The topological polar surface area (TPSA) is 59.1 Å². The number of rotatable bonds is 6. The summed E-state index contributed by atoms with van der Waals surface area (Å²) in [6.45, 7) is 1.53. The number of piperazine rings is 1. The van der Waals surface area contributed by atoms with Crippen molar-refractivity contribution in [3.63, 3.8) is 0 Å². The van der Waals surface area contributed by atoms with Gasteiger partial charge in [-0.3, -0.25) is 9.59 Å². The fraction of sp³-hybridized carbons (Fsp3) is 0.333. The summed E-state index contributed by atoms with van der Waals surface area (Å²) in [4.78, 5) is 28.2. The van der Waals surface area contributed by atoms with Gasteiger partial charge in [-0.15, -0.1) is 0 Å². The summed E-state index contributed by atoms with van der Waals surface area (Å²) in [6, 6.07) is 11.8. The van der Waals surface area contributed by atoms with E-state index in [1.54, 1.807) is 23.0 Å². The van der Waals surface area contributed by atoms with E-state index in [2.05, 4.69) is 15.9 Å². The molecule has 1 aliphatic rings. The summed E-state index contributed by atoms with van der Waals surface area (Å²) in [5.41, 5.74) is 0.887. The molecule has 154 valence electrons. The van der Waals surface area contributed by atoms with Crippen molar-refractivity contribution in [3.8, 4) is 11.5 Å². The van der Waals surface area contributed by atoms with E-state index in [9.17, 15) is 14.0 Å². The lowest BCUT2D eigenvalue weighted by Crippen LogP contribution is -2.52. The van der Waals surface area contributed by atoms with Crippen LogP contribution < -0.4 is 9.47 Å². The first kappa shape index (κ1) is 21.1. The molecular weight excluding hydrogens is 443 g/mol. The van der Waals surface area contributed by atoms with Crippen LogP contribution in [-0.4, -0.2) is 61.5 Å². The summed E-state index contributed by atoms with van der Waals surface area (Å²) in [7, 11) is 1.59. The highest BCUT2D eigenvalue weighted by Crippen LogP contribution is 2.21. The van der Waals surface area contributed by atoms with Crippen molar-refractivity contribution in [2.45, 2.75) is 6.42 Å². The second-order valence-corrected chi connectivity index (χ2v) is 7.57. The zero-order valence-electron chi connectivity index (χ0n) is 16.1. The molecule has 2 amide bonds. The number of nitrogens with zero attached hydrogens (tertiary/aromatic N) is 2. The summed E-state index contributed by atoms with van der Waals surface area (Å²) in [5.74, 6) is 0.00691. The van der Waals surface area contributed by atoms with Crippen LogP contribution in [0, 0.1) is 5.82 Å². The van der Waals surface area contributed by atoms with E-state index < -0.39 is 5.82 Å². The molecule has 0 radical (unpaired) electrons. The van der Waals surface area contributed by atoms with Gasteiger partial charge < -0.3 is 19.3 Å². The lowest BCUT2D eigenvalue weighted by atomic mass is 10.1. The average molecular weight is 465 g/mol. The molecule has 0 unspecified atom stereocenters. The van der Waals surface area contributed by atoms with E-state index in [1.807, 2.05) is 24.3 Å². The quantitative estimate of drug-likeness (QED) is 0.659. The zero-order chi connectivity index (χ0) is 20.8. The third kappa shape index (κ3) is 5.69. The van der Waals surface area contributed by atoms with Crippen molar-refractivity contribution in [2.75, 3.05) is 39.9 Å². The SMILES string of the molecule is COc1cccc(CC(=O)N2CCN(C(=O)COc3ccc(Br)cc3F)CC2)c1. The molecule has 2 aromatic rings. The number of benzene rings is 2. The number of ether oxygens (including phenoxy) is 2. The number of halogens is 2. The van der Waals surface area contributed by atoms with Crippen LogP contribution in [0.25, 0.3) is 0 Å². The maximum atomic E-state index is 13.8. The van der Waals surface area contributed by atoms with Gasteiger partial charge in [-0.2, -0.15) is 0 Å². The van der Waals surface area contributed by atoms with Gasteiger partial charge in [0.15, 0.2) is 18.2 Å². The Morgan fingerprint density at radius 2 is 1.72 bits per heavy atom. The molecular formula is C21H22BrFN2O4. The molecule has 8 heteroatoms. The minimum absolute atomic E-state index is 0.0125. The first-order valence-electron chi connectivity index (χ1n) is 9.22. The molecule has 1 heterocycles. The van der Waals surface area contributed by atoms with E-state index in [-0.39, 0.29) is 30.6 Å². The van der Waals surface area contributed by atoms with Crippen molar-refractivity contribution in [2.24, 2.45) is 0 Å². The Hall–Kier alpha value is -2.61. The second-order valence-electron chi connectivity index (χ2n) is 6.65. The lowest BCUT2D eigenvalue weighted by molar-refractivity contribution is -0.140. The van der Waals surface area contributed by atoms with Crippen LogP contribution in [-0.2, 0) is 16.0 Å². The van der Waals surface area contributed by atoms with Crippen LogP contribution in [0.5, 0.6) is 11.5 Å². The van der Waals surface area contributed by atoms with E-state index in [4.69, 9.17) is 9.47 Å². The van der Waals surface area contributed by atoms with Gasteiger partial charge in [-0.1, -0.05) is 28.1 Å². The molecule has 3 rings (SSSR count). The van der Waals surface area contributed by atoms with Gasteiger partial charge >= 0.3 is 0 Å². The highest BCUT2D eigenvalue weighted by atomic mass is 79.9. The van der Waals surface area contributed by atoms with Gasteiger partial charge in [0.1, 0.15) is 5.75 Å². The molecule has 0 aliphatic carbocycles. The van der Waals surface area contributed by atoms with Gasteiger partial charge in [0.25, 0.3) is 5.91 Å². The third-order valence-corrected chi connectivity index (χ3v) is 5.21. The maximum Gasteiger partial charge on any atom is 0.260 e. The molecule has 1 fully saturated rings. The van der Waals surface area contributed by atoms with E-state index in [1.165, 1.54) is 12.1 Å². The van der Waals surface area contributed by atoms with Crippen molar-refractivity contribution >= 4 is 27.7 Å². The van der Waals surface area contributed by atoms with Crippen molar-refractivity contribution in [3.05, 3.63) is 58.3 Å². The number of hydrogen-bond acceptors (Lipinski definition) is 4. The van der Waals surface area contributed by atoms with Gasteiger partial charge in [-0.05, 0) is 35.9 Å². The molecule has 0 aromatic heterocycles. The number of methoxy groups -OCH3 is 1. The minimum Gasteiger partial charge on any atom is -0.497 e. The summed E-state index contributed by atoms with van der Waals surface area (Å²) < 4.78 is 24.9. The lowest BCUT2D eigenvalue weighted by Gasteiger charge is -2.34. The molecule has 0 saturated carbocycles. The number of carbonyl (C=O) groups is 2. The molecule has 0 atom stereocenters. The molecule has 2 aromatic carbocycles. The van der Waals surface area contributed by atoms with E-state index in [0.29, 0.717) is 36.4 Å². The predicted octanol–water partition coefficient (Wildman–Crippen LogP) is 2.89. The van der Waals surface area contributed by atoms with Gasteiger partial charge in [0.2, 0.25) is 5.91 Å². The molecule has 0 bridgehead atoms. The third-order valence-electron chi connectivity index (χ3n) is 4.72. The summed E-state index contributed by atoms with van der Waals surface area (Å²) in [6.07, 6.45) is 0.289. The Bertz CT molecular complexity index is 885. The predicted molar refractivity (Wildman–Crippen MR) is 109 cm³/mol. The van der Waals surface area contributed by atoms with E-state index >= 15 is 0 Å². The van der Waals surface area contributed by atoms with Gasteiger partial charge in [0, 0.05) is 30.7 Å². The minimum atomic E-state index is -0.528. The van der Waals surface area contributed by atoms with Crippen LogP contribution in [0.1, 0.15) is 5.56 Å². The van der Waals surface area contributed by atoms with Gasteiger partial charge in [0.05, 0.1) is 13.5 Å². The Morgan fingerprint density at radius 1 is 1.03 bits per heavy atom. The fourth-order valence-corrected chi connectivity index (χ4v) is 3.43. The highest BCUT2D eigenvalue weighted by molar-refractivity contribution is 9.10. The first-order valence-corrected chi connectivity index (χ1v) is 10.0. The van der Waals surface area contributed by atoms with Crippen molar-refractivity contribution in [1.29, 1.82) is 0 Å².